The van der Waals surface area contributed by atoms with Gasteiger partial charge in [0, 0.05) is 50.2 Å². The summed E-state index contributed by atoms with van der Waals surface area (Å²) in [6.07, 6.45) is 5.53. The third-order valence-corrected chi connectivity index (χ3v) is 10.2. The minimum atomic E-state index is -0.728. The van der Waals surface area contributed by atoms with Crippen molar-refractivity contribution in [1.29, 1.82) is 0 Å². The van der Waals surface area contributed by atoms with E-state index in [2.05, 4.69) is 20.7 Å². The first kappa shape index (κ1) is 35.7. The molecule has 1 aromatic heterocycles. The highest BCUT2D eigenvalue weighted by Crippen LogP contribution is 2.41. The van der Waals surface area contributed by atoms with Gasteiger partial charge in [0.05, 0.1) is 6.04 Å². The Hall–Kier alpha value is -3.15. The molecule has 0 bridgehead atoms. The summed E-state index contributed by atoms with van der Waals surface area (Å²) in [4.78, 5) is 61.0. The molecule has 0 radical (unpaired) electrons. The first-order valence-corrected chi connectivity index (χ1v) is 17.5. The predicted octanol–water partition coefficient (Wildman–Crippen LogP) is 4.96. The summed E-state index contributed by atoms with van der Waals surface area (Å²) in [7, 11) is 3.80. The summed E-state index contributed by atoms with van der Waals surface area (Å²) in [6, 6.07) is 9.63. The van der Waals surface area contributed by atoms with Crippen LogP contribution in [0.2, 0.25) is 0 Å². The maximum atomic E-state index is 14.0. The van der Waals surface area contributed by atoms with Crippen LogP contribution in [0.15, 0.2) is 35.7 Å². The number of nitrogens with one attached hydrogen (secondary N) is 2. The number of Topliss-reactive ketones (excluding diaryl/α,β-unsaturated/α-hetero) is 1. The van der Waals surface area contributed by atoms with Crippen LogP contribution in [0.4, 0.5) is 0 Å². The van der Waals surface area contributed by atoms with Crippen LogP contribution in [-0.2, 0) is 25.5 Å². The highest BCUT2D eigenvalue weighted by Gasteiger charge is 2.42. The van der Waals surface area contributed by atoms with Gasteiger partial charge < -0.3 is 9.64 Å². The topological polar surface area (TPSA) is 121 Å². The van der Waals surface area contributed by atoms with Crippen molar-refractivity contribution in [2.24, 2.45) is 17.8 Å². The van der Waals surface area contributed by atoms with E-state index in [1.165, 1.54) is 18.3 Å². The van der Waals surface area contributed by atoms with Crippen LogP contribution in [0.1, 0.15) is 99.8 Å². The number of thiazole rings is 1. The molecule has 2 fully saturated rings. The van der Waals surface area contributed by atoms with Crippen molar-refractivity contribution >= 4 is 34.9 Å². The number of hydrazine groups is 1. The zero-order valence-corrected chi connectivity index (χ0v) is 29.0. The highest BCUT2D eigenvalue weighted by atomic mass is 32.1. The van der Waals surface area contributed by atoms with Gasteiger partial charge in [0.25, 0.3) is 5.91 Å². The summed E-state index contributed by atoms with van der Waals surface area (Å²) in [6.45, 7) is 8.32. The van der Waals surface area contributed by atoms with E-state index in [-0.39, 0.29) is 65.6 Å². The molecule has 0 spiro atoms. The third kappa shape index (κ3) is 9.92. The van der Waals surface area contributed by atoms with Gasteiger partial charge in [-0.15, -0.1) is 11.3 Å². The molecule has 4 rings (SSSR count). The number of benzene rings is 1. The quantitative estimate of drug-likeness (QED) is 0.193. The van der Waals surface area contributed by atoms with Crippen LogP contribution in [0, 0.1) is 17.8 Å². The number of ether oxygens (including phenoxy) is 1. The number of nitrogens with zero attached hydrogens (tertiary/aromatic N) is 3. The van der Waals surface area contributed by atoms with E-state index in [1.807, 2.05) is 58.2 Å². The number of likely N-dealkylation sites (tertiary alicyclic amines) is 1. The Labute approximate surface area is 277 Å². The van der Waals surface area contributed by atoms with Crippen LogP contribution in [0.3, 0.4) is 0 Å². The lowest BCUT2D eigenvalue weighted by molar-refractivity contribution is -0.149. The van der Waals surface area contributed by atoms with Gasteiger partial charge in [-0.3, -0.25) is 29.5 Å². The van der Waals surface area contributed by atoms with E-state index in [0.29, 0.717) is 11.4 Å². The fourth-order valence-electron chi connectivity index (χ4n) is 6.52. The Morgan fingerprint density at radius 1 is 1.09 bits per heavy atom. The predicted molar refractivity (Wildman–Crippen MR) is 179 cm³/mol. The molecule has 1 saturated carbocycles. The minimum absolute atomic E-state index is 0.00328. The first-order valence-electron chi connectivity index (χ1n) is 16.7. The minimum Gasteiger partial charge on any atom is -0.455 e. The van der Waals surface area contributed by atoms with Crippen molar-refractivity contribution < 1.29 is 23.9 Å². The number of rotatable bonds is 16. The third-order valence-electron chi connectivity index (χ3n) is 9.30. The van der Waals surface area contributed by atoms with Crippen molar-refractivity contribution in [3.05, 3.63) is 52.0 Å². The molecule has 46 heavy (non-hydrogen) atoms. The fraction of sp³-hybridized carbons (Fsp3) is 0.629. The molecule has 11 heteroatoms. The van der Waals surface area contributed by atoms with Crippen molar-refractivity contribution in [3.8, 4) is 0 Å². The number of hydrogen-bond acceptors (Lipinski definition) is 9. The van der Waals surface area contributed by atoms with Crippen molar-refractivity contribution in [1.82, 2.24) is 25.6 Å². The Morgan fingerprint density at radius 3 is 2.43 bits per heavy atom. The van der Waals surface area contributed by atoms with Crippen LogP contribution >= 0.6 is 11.3 Å². The Bertz CT molecular complexity index is 1330. The molecule has 1 aliphatic carbocycles. The van der Waals surface area contributed by atoms with E-state index >= 15 is 0 Å². The van der Waals surface area contributed by atoms with Gasteiger partial charge in [-0.1, -0.05) is 50.6 Å². The Balaban J connectivity index is 1.41. The first-order chi connectivity index (χ1) is 21.9. The SMILES string of the molecule is CC(=O)O[C@H](C[C@H](C(C)C)N(C)C(=O)[C@@H](CC(=O)[C@H]1CCCCN1C)C1CC1)c1nc(C(=O)NN[C@H](C)Cc2ccccc2)cs1. The summed E-state index contributed by atoms with van der Waals surface area (Å²) in [5, 5.41) is 2.15. The second-order valence-corrected chi connectivity index (χ2v) is 14.4. The zero-order valence-electron chi connectivity index (χ0n) is 28.2. The van der Waals surface area contributed by atoms with Gasteiger partial charge in [0.2, 0.25) is 5.91 Å². The van der Waals surface area contributed by atoms with Gasteiger partial charge in [-0.05, 0) is 70.0 Å². The van der Waals surface area contributed by atoms with Gasteiger partial charge >= 0.3 is 5.97 Å². The van der Waals surface area contributed by atoms with Crippen molar-refractivity contribution in [2.45, 2.75) is 103 Å². The average Bonchev–Trinajstić information content (AvgIpc) is 3.75. The lowest BCUT2D eigenvalue weighted by Gasteiger charge is -2.36. The number of carbonyl (C=O) groups is 4. The van der Waals surface area contributed by atoms with E-state index in [1.54, 1.807) is 17.3 Å². The molecule has 1 aromatic carbocycles. The molecule has 2 heterocycles. The molecular weight excluding hydrogens is 602 g/mol. The van der Waals surface area contributed by atoms with Gasteiger partial charge in [0.15, 0.2) is 11.9 Å². The molecule has 1 saturated heterocycles. The molecule has 2 aromatic rings. The van der Waals surface area contributed by atoms with E-state index < -0.39 is 12.1 Å². The molecule has 2 N–H and O–H groups in total. The van der Waals surface area contributed by atoms with Gasteiger partial charge in [-0.2, -0.15) is 0 Å². The lowest BCUT2D eigenvalue weighted by atomic mass is 9.88. The van der Waals surface area contributed by atoms with E-state index in [4.69, 9.17) is 4.74 Å². The highest BCUT2D eigenvalue weighted by molar-refractivity contribution is 7.09. The van der Waals surface area contributed by atoms with E-state index in [0.717, 1.165) is 50.6 Å². The van der Waals surface area contributed by atoms with E-state index in [9.17, 15) is 19.2 Å². The van der Waals surface area contributed by atoms with Crippen LogP contribution in [-0.4, -0.2) is 77.1 Å². The maximum absolute atomic E-state index is 14.0. The second-order valence-electron chi connectivity index (χ2n) is 13.5. The van der Waals surface area contributed by atoms with Crippen LogP contribution < -0.4 is 10.9 Å². The monoisotopic (exact) mass is 653 g/mol. The number of likely N-dealkylation sites (N-methyl/N-ethyl adjacent to an activating group) is 1. The largest absolute Gasteiger partial charge is 0.455 e. The van der Waals surface area contributed by atoms with Gasteiger partial charge in [0.1, 0.15) is 10.7 Å². The normalized spacial score (nSPS) is 19.6. The molecular formula is C35H51N5O5S. The molecule has 1 aliphatic heterocycles. The summed E-state index contributed by atoms with van der Waals surface area (Å²) in [5.41, 5.74) is 7.17. The smallest absolute Gasteiger partial charge is 0.303 e. The second kappa shape index (κ2) is 16.6. The molecule has 2 aliphatic rings. The number of hydrogen-bond donors (Lipinski definition) is 2. The van der Waals surface area contributed by atoms with Crippen molar-refractivity contribution in [2.75, 3.05) is 20.6 Å². The lowest BCUT2D eigenvalue weighted by Crippen LogP contribution is -2.47. The number of piperidine rings is 1. The number of esters is 1. The summed E-state index contributed by atoms with van der Waals surface area (Å²) < 4.78 is 5.74. The number of aromatic nitrogens is 1. The number of carbonyl (C=O) groups excluding carboxylic acids is 4. The standard InChI is InChI=1S/C35H51N5O5S/c1-22(2)30(40(6)35(44)27(26-15-16-26)19-31(42)29-14-10-11-17-39(29)5)20-32(45-24(4)41)34-36-28(21-46-34)33(43)38-37-23(3)18-25-12-8-7-9-13-25/h7-9,12-13,21-23,26-27,29-30,32,37H,10-11,14-20H2,1-6H3,(H,38,43)/t23-,27+,29-,30-,32-/m1/s1. The molecule has 252 valence electrons. The van der Waals surface area contributed by atoms with Crippen LogP contribution in [0.25, 0.3) is 0 Å². The molecule has 0 unspecified atom stereocenters. The average molecular weight is 654 g/mol. The summed E-state index contributed by atoms with van der Waals surface area (Å²) >= 11 is 1.25. The molecule has 2 amide bonds. The number of ketones is 1. The Kier molecular flexibility index (Phi) is 12.9. The Morgan fingerprint density at radius 2 is 1.80 bits per heavy atom. The van der Waals surface area contributed by atoms with Crippen LogP contribution in [0.5, 0.6) is 0 Å². The molecule has 5 atom stereocenters. The number of amides is 2. The zero-order chi connectivity index (χ0) is 33.4. The molecule has 10 nitrogen and oxygen atoms in total. The summed E-state index contributed by atoms with van der Waals surface area (Å²) in [5.74, 6) is -0.761. The maximum Gasteiger partial charge on any atom is 0.303 e. The fourth-order valence-corrected chi connectivity index (χ4v) is 7.36. The van der Waals surface area contributed by atoms with Crippen molar-refractivity contribution in [3.63, 3.8) is 0 Å². The van der Waals surface area contributed by atoms with Gasteiger partial charge in [-0.25, -0.2) is 10.4 Å².